The first-order valence-electron chi connectivity index (χ1n) is 9.43. The predicted octanol–water partition coefficient (Wildman–Crippen LogP) is 2.80. The average Bonchev–Trinajstić information content (AvgIpc) is 2.61. The van der Waals surface area contributed by atoms with Gasteiger partial charge in [-0.2, -0.15) is 0 Å². The van der Waals surface area contributed by atoms with Crippen LogP contribution in [0.2, 0.25) is 0 Å². The summed E-state index contributed by atoms with van der Waals surface area (Å²) < 4.78 is 6.02. The Morgan fingerprint density at radius 2 is 1.92 bits per heavy atom. The maximum absolute atomic E-state index is 6.02. The average molecular weight is 347 g/mol. The molecule has 0 radical (unpaired) electrons. The van der Waals surface area contributed by atoms with Crippen molar-refractivity contribution in [1.29, 1.82) is 0 Å². The molecule has 0 aromatic heterocycles. The van der Waals surface area contributed by atoms with Gasteiger partial charge in [-0.1, -0.05) is 18.2 Å². The summed E-state index contributed by atoms with van der Waals surface area (Å²) in [6.07, 6.45) is 2.39. The molecule has 1 aliphatic rings. The van der Waals surface area contributed by atoms with Crippen LogP contribution in [0.3, 0.4) is 0 Å². The van der Waals surface area contributed by atoms with Crippen molar-refractivity contribution in [2.24, 2.45) is 4.99 Å². The Bertz CT molecular complexity index is 550. The van der Waals surface area contributed by atoms with Gasteiger partial charge in [-0.05, 0) is 52.2 Å². The third kappa shape index (κ3) is 6.24. The highest BCUT2D eigenvalue weighted by molar-refractivity contribution is 5.80. The minimum atomic E-state index is 0.0717. The molecular formula is C20H34N4O. The Hall–Kier alpha value is -1.75. The quantitative estimate of drug-likeness (QED) is 0.614. The van der Waals surface area contributed by atoms with Crippen LogP contribution < -0.4 is 15.4 Å². The summed E-state index contributed by atoms with van der Waals surface area (Å²) in [5.41, 5.74) is 1.16. The number of rotatable bonds is 6. The molecule has 5 nitrogen and oxygen atoms in total. The zero-order valence-corrected chi connectivity index (χ0v) is 16.4. The molecule has 1 fully saturated rings. The van der Waals surface area contributed by atoms with Crippen LogP contribution in [0.15, 0.2) is 29.3 Å². The number of likely N-dealkylation sites (tertiary alicyclic amines) is 1. The molecule has 0 saturated carbocycles. The number of benzene rings is 1. The van der Waals surface area contributed by atoms with Gasteiger partial charge >= 0.3 is 0 Å². The molecule has 1 aromatic carbocycles. The van der Waals surface area contributed by atoms with Crippen LogP contribution in [-0.2, 0) is 0 Å². The number of aliphatic imine (C=N–C) groups is 1. The zero-order valence-electron chi connectivity index (χ0n) is 16.4. The van der Waals surface area contributed by atoms with E-state index in [4.69, 9.17) is 4.74 Å². The molecular weight excluding hydrogens is 312 g/mol. The van der Waals surface area contributed by atoms with Crippen LogP contribution >= 0.6 is 0 Å². The molecule has 0 bridgehead atoms. The Morgan fingerprint density at radius 3 is 2.52 bits per heavy atom. The van der Waals surface area contributed by atoms with Crippen molar-refractivity contribution in [3.63, 3.8) is 0 Å². The Kier molecular flexibility index (Phi) is 7.56. The fourth-order valence-corrected chi connectivity index (χ4v) is 3.14. The minimum Gasteiger partial charge on any atom is -0.489 e. The van der Waals surface area contributed by atoms with E-state index in [2.05, 4.69) is 54.3 Å². The normalized spacial score (nSPS) is 18.2. The lowest BCUT2D eigenvalue weighted by atomic mass is 10.0. The summed E-state index contributed by atoms with van der Waals surface area (Å²) in [6, 6.07) is 9.25. The van der Waals surface area contributed by atoms with E-state index in [1.807, 2.05) is 25.2 Å². The molecule has 5 heteroatoms. The largest absolute Gasteiger partial charge is 0.489 e. The lowest BCUT2D eigenvalue weighted by Crippen LogP contribution is -2.50. The van der Waals surface area contributed by atoms with Crippen molar-refractivity contribution >= 4 is 5.96 Å². The van der Waals surface area contributed by atoms with Crippen LogP contribution in [0.4, 0.5) is 0 Å². The standard InChI is InChI=1S/C20H34N4O/c1-15(2)24-12-10-18(11-13-24)23-20(21-5)22-14-17(4)25-19-9-7-6-8-16(19)3/h6-9,15,17-18H,10-14H2,1-5H3,(H2,21,22,23). The number of hydrogen-bond donors (Lipinski definition) is 2. The third-order valence-corrected chi connectivity index (χ3v) is 4.80. The molecule has 1 heterocycles. The van der Waals surface area contributed by atoms with Crippen molar-refractivity contribution in [3.05, 3.63) is 29.8 Å². The van der Waals surface area contributed by atoms with Gasteiger partial charge in [0.2, 0.25) is 0 Å². The van der Waals surface area contributed by atoms with Crippen molar-refractivity contribution < 1.29 is 4.74 Å². The van der Waals surface area contributed by atoms with Crippen molar-refractivity contribution in [2.45, 2.75) is 58.7 Å². The summed E-state index contributed by atoms with van der Waals surface area (Å²) in [4.78, 5) is 6.89. The van der Waals surface area contributed by atoms with Crippen molar-refractivity contribution in [2.75, 3.05) is 26.7 Å². The second kappa shape index (κ2) is 9.66. The molecule has 140 valence electrons. The molecule has 0 amide bonds. The molecule has 0 aliphatic carbocycles. The number of piperidine rings is 1. The Morgan fingerprint density at radius 1 is 1.24 bits per heavy atom. The van der Waals surface area contributed by atoms with Gasteiger partial charge in [-0.25, -0.2) is 0 Å². The highest BCUT2D eigenvalue weighted by atomic mass is 16.5. The van der Waals surface area contributed by atoms with E-state index in [-0.39, 0.29) is 6.10 Å². The van der Waals surface area contributed by atoms with E-state index in [1.165, 1.54) is 0 Å². The number of hydrogen-bond acceptors (Lipinski definition) is 3. The fraction of sp³-hybridized carbons (Fsp3) is 0.650. The highest BCUT2D eigenvalue weighted by Gasteiger charge is 2.21. The van der Waals surface area contributed by atoms with Gasteiger partial charge in [0.15, 0.2) is 5.96 Å². The second-order valence-corrected chi connectivity index (χ2v) is 7.20. The number of guanidine groups is 1. The molecule has 2 N–H and O–H groups in total. The first-order valence-corrected chi connectivity index (χ1v) is 9.43. The highest BCUT2D eigenvalue weighted by Crippen LogP contribution is 2.17. The van der Waals surface area contributed by atoms with Crippen LogP contribution in [-0.4, -0.2) is 55.7 Å². The van der Waals surface area contributed by atoms with Gasteiger partial charge in [0.1, 0.15) is 11.9 Å². The Balaban J connectivity index is 1.74. The minimum absolute atomic E-state index is 0.0717. The maximum atomic E-state index is 6.02. The number of para-hydroxylation sites is 1. The van der Waals surface area contributed by atoms with Crippen LogP contribution in [0, 0.1) is 6.92 Å². The number of nitrogens with zero attached hydrogens (tertiary/aromatic N) is 2. The third-order valence-electron chi connectivity index (χ3n) is 4.80. The van der Waals surface area contributed by atoms with Gasteiger partial charge < -0.3 is 20.3 Å². The van der Waals surface area contributed by atoms with Crippen LogP contribution in [0.25, 0.3) is 0 Å². The lowest BCUT2D eigenvalue weighted by molar-refractivity contribution is 0.167. The topological polar surface area (TPSA) is 48.9 Å². The molecule has 25 heavy (non-hydrogen) atoms. The molecule has 1 atom stereocenters. The molecule has 1 saturated heterocycles. The van der Waals surface area contributed by atoms with Gasteiger partial charge in [0, 0.05) is 32.2 Å². The monoisotopic (exact) mass is 346 g/mol. The van der Waals surface area contributed by atoms with Crippen LogP contribution in [0.1, 0.15) is 39.2 Å². The van der Waals surface area contributed by atoms with Gasteiger partial charge in [-0.15, -0.1) is 0 Å². The zero-order chi connectivity index (χ0) is 18.2. The van der Waals surface area contributed by atoms with Crippen LogP contribution in [0.5, 0.6) is 5.75 Å². The number of aryl methyl sites for hydroxylation is 1. The first kappa shape index (κ1) is 19.6. The molecule has 1 unspecified atom stereocenters. The van der Waals surface area contributed by atoms with E-state index in [0.717, 1.165) is 49.7 Å². The van der Waals surface area contributed by atoms with Gasteiger partial charge in [0.05, 0.1) is 6.54 Å². The van der Waals surface area contributed by atoms with Gasteiger partial charge in [-0.3, -0.25) is 4.99 Å². The fourth-order valence-electron chi connectivity index (χ4n) is 3.14. The predicted molar refractivity (Wildman–Crippen MR) is 105 cm³/mol. The maximum Gasteiger partial charge on any atom is 0.191 e. The first-order chi connectivity index (χ1) is 12.0. The van der Waals surface area contributed by atoms with E-state index in [9.17, 15) is 0 Å². The lowest BCUT2D eigenvalue weighted by Gasteiger charge is -2.35. The summed E-state index contributed by atoms with van der Waals surface area (Å²) in [6.45, 7) is 11.7. The number of nitrogens with one attached hydrogen (secondary N) is 2. The van der Waals surface area contributed by atoms with E-state index in [1.54, 1.807) is 0 Å². The van der Waals surface area contributed by atoms with E-state index < -0.39 is 0 Å². The number of ether oxygens (including phenoxy) is 1. The molecule has 1 aliphatic heterocycles. The van der Waals surface area contributed by atoms with E-state index >= 15 is 0 Å². The van der Waals surface area contributed by atoms with E-state index in [0.29, 0.717) is 12.1 Å². The van der Waals surface area contributed by atoms with Gasteiger partial charge in [0.25, 0.3) is 0 Å². The molecule has 0 spiro atoms. The van der Waals surface area contributed by atoms with Crippen molar-refractivity contribution in [1.82, 2.24) is 15.5 Å². The van der Waals surface area contributed by atoms with Crippen molar-refractivity contribution in [3.8, 4) is 5.75 Å². The second-order valence-electron chi connectivity index (χ2n) is 7.20. The summed E-state index contributed by atoms with van der Waals surface area (Å²) >= 11 is 0. The Labute approximate surface area is 152 Å². The smallest absolute Gasteiger partial charge is 0.191 e. The summed E-state index contributed by atoms with van der Waals surface area (Å²) in [5.74, 6) is 1.81. The molecule has 1 aromatic rings. The summed E-state index contributed by atoms with van der Waals surface area (Å²) in [5, 5.41) is 6.94. The summed E-state index contributed by atoms with van der Waals surface area (Å²) in [7, 11) is 1.82. The molecule has 2 rings (SSSR count). The SMILES string of the molecule is CN=C(NCC(C)Oc1ccccc1C)NC1CCN(C(C)C)CC1.